The summed E-state index contributed by atoms with van der Waals surface area (Å²) in [6.07, 6.45) is 3.25. The molecule has 3 aromatic rings. The Morgan fingerprint density at radius 2 is 2.00 bits per heavy atom. The molecule has 2 aromatic heterocycles. The van der Waals surface area contributed by atoms with E-state index in [1.807, 2.05) is 25.1 Å². The van der Waals surface area contributed by atoms with Crippen molar-refractivity contribution < 1.29 is 8.42 Å². The minimum Gasteiger partial charge on any atom is -0.376 e. The normalized spacial score (nSPS) is 12.6. The predicted octanol–water partition coefficient (Wildman–Crippen LogP) is 4.17. The van der Waals surface area contributed by atoms with E-state index < -0.39 is 10.0 Å². The van der Waals surface area contributed by atoms with Crippen LogP contribution in [-0.4, -0.2) is 18.4 Å². The molecule has 1 aromatic carbocycles. The first-order valence-corrected chi connectivity index (χ1v) is 10.1. The summed E-state index contributed by atoms with van der Waals surface area (Å²) in [5.41, 5.74) is 1.49. The summed E-state index contributed by atoms with van der Waals surface area (Å²) in [5.74, 6) is 0. The molecule has 9 heteroatoms. The fraction of sp³-hybridized carbons (Fsp3) is 0.125. The van der Waals surface area contributed by atoms with Gasteiger partial charge in [-0.25, -0.2) is 13.4 Å². The van der Waals surface area contributed by atoms with E-state index in [9.17, 15) is 8.42 Å². The largest absolute Gasteiger partial charge is 0.376 e. The third-order valence-corrected chi connectivity index (χ3v) is 5.88. The summed E-state index contributed by atoms with van der Waals surface area (Å²) < 4.78 is 27.2. The van der Waals surface area contributed by atoms with Crippen LogP contribution >= 0.6 is 22.9 Å². The molecule has 0 fully saturated rings. The van der Waals surface area contributed by atoms with E-state index in [4.69, 9.17) is 11.6 Å². The first-order valence-electron chi connectivity index (χ1n) is 7.35. The number of sulfonamides is 1. The van der Waals surface area contributed by atoms with Crippen molar-refractivity contribution in [2.24, 2.45) is 0 Å². The Balaban J connectivity index is 1.79. The molecule has 2 heterocycles. The molecule has 0 saturated heterocycles. The van der Waals surface area contributed by atoms with Gasteiger partial charge in [0, 0.05) is 17.8 Å². The van der Waals surface area contributed by atoms with Crippen molar-refractivity contribution in [3.05, 3.63) is 64.9 Å². The van der Waals surface area contributed by atoms with E-state index in [0.717, 1.165) is 5.69 Å². The highest BCUT2D eigenvalue weighted by Gasteiger charge is 2.18. The van der Waals surface area contributed by atoms with Crippen molar-refractivity contribution in [2.45, 2.75) is 17.9 Å². The van der Waals surface area contributed by atoms with Gasteiger partial charge in [-0.2, -0.15) is 0 Å². The Labute approximate surface area is 155 Å². The second-order valence-corrected chi connectivity index (χ2v) is 8.19. The van der Waals surface area contributed by atoms with Gasteiger partial charge in [-0.05, 0) is 37.3 Å². The number of pyridine rings is 1. The van der Waals surface area contributed by atoms with Gasteiger partial charge in [0.1, 0.15) is 0 Å². The highest BCUT2D eigenvalue weighted by molar-refractivity contribution is 7.93. The van der Waals surface area contributed by atoms with Crippen LogP contribution < -0.4 is 10.0 Å². The summed E-state index contributed by atoms with van der Waals surface area (Å²) in [6.45, 7) is 1.95. The summed E-state index contributed by atoms with van der Waals surface area (Å²) in [5, 5.41) is 5.54. The van der Waals surface area contributed by atoms with E-state index in [-0.39, 0.29) is 10.9 Å². The molecular weight excluding hydrogens is 380 g/mol. The number of anilines is 2. The molecule has 0 spiro atoms. The van der Waals surface area contributed by atoms with Crippen molar-refractivity contribution in [1.82, 2.24) is 9.97 Å². The van der Waals surface area contributed by atoms with Crippen LogP contribution in [0.5, 0.6) is 0 Å². The van der Waals surface area contributed by atoms with Gasteiger partial charge in [0.05, 0.1) is 27.3 Å². The van der Waals surface area contributed by atoms with Crippen LogP contribution in [0.3, 0.4) is 0 Å². The Kier molecular flexibility index (Phi) is 5.22. The van der Waals surface area contributed by atoms with Gasteiger partial charge in [-0.3, -0.25) is 9.71 Å². The topological polar surface area (TPSA) is 84.0 Å². The summed E-state index contributed by atoms with van der Waals surface area (Å²) in [4.78, 5) is 8.27. The van der Waals surface area contributed by atoms with Crippen molar-refractivity contribution in [3.63, 3.8) is 0 Å². The lowest BCUT2D eigenvalue weighted by Crippen LogP contribution is -2.13. The summed E-state index contributed by atoms with van der Waals surface area (Å²) >= 11 is 7.46. The van der Waals surface area contributed by atoms with Crippen LogP contribution in [0, 0.1) is 0 Å². The number of hydrogen-bond donors (Lipinski definition) is 2. The molecule has 1 unspecified atom stereocenters. The molecule has 3 rings (SSSR count). The Morgan fingerprint density at radius 3 is 2.64 bits per heavy atom. The molecule has 0 aliphatic heterocycles. The van der Waals surface area contributed by atoms with E-state index >= 15 is 0 Å². The monoisotopic (exact) mass is 394 g/mol. The lowest BCUT2D eigenvalue weighted by Gasteiger charge is -2.16. The van der Waals surface area contributed by atoms with Gasteiger partial charge >= 0.3 is 0 Å². The van der Waals surface area contributed by atoms with Gasteiger partial charge in [0.15, 0.2) is 5.13 Å². The Bertz CT molecular complexity index is 948. The summed E-state index contributed by atoms with van der Waals surface area (Å²) in [7, 11) is -3.73. The minimum atomic E-state index is -3.73. The van der Waals surface area contributed by atoms with Gasteiger partial charge in [-0.1, -0.05) is 17.7 Å². The third kappa shape index (κ3) is 4.28. The zero-order valence-electron chi connectivity index (χ0n) is 13.2. The lowest BCUT2D eigenvalue weighted by atomic mass is 10.2. The van der Waals surface area contributed by atoms with Crippen LogP contribution in [0.4, 0.5) is 10.8 Å². The molecule has 6 nitrogen and oxygen atoms in total. The number of hydrogen-bond acceptors (Lipinski definition) is 6. The molecule has 130 valence electrons. The highest BCUT2D eigenvalue weighted by atomic mass is 35.5. The SMILES string of the molecule is CC(Nc1ccc(S(=O)(=O)Nc2nccs2)cc1Cl)c1ccccn1. The maximum absolute atomic E-state index is 12.4. The average Bonchev–Trinajstić information content (AvgIpc) is 3.09. The number of thiazole rings is 1. The molecule has 0 bridgehead atoms. The predicted molar refractivity (Wildman–Crippen MR) is 101 cm³/mol. The molecule has 0 amide bonds. The molecule has 0 radical (unpaired) electrons. The average molecular weight is 395 g/mol. The van der Waals surface area contributed by atoms with Crippen LogP contribution in [-0.2, 0) is 10.0 Å². The first-order chi connectivity index (χ1) is 12.0. The quantitative estimate of drug-likeness (QED) is 0.655. The lowest BCUT2D eigenvalue weighted by molar-refractivity contribution is 0.601. The number of halogens is 1. The zero-order valence-corrected chi connectivity index (χ0v) is 15.6. The van der Waals surface area contributed by atoms with Crippen LogP contribution in [0.15, 0.2) is 59.1 Å². The molecule has 0 aliphatic carbocycles. The number of nitrogens with zero attached hydrogens (tertiary/aromatic N) is 2. The van der Waals surface area contributed by atoms with Crippen molar-refractivity contribution in [3.8, 4) is 0 Å². The molecule has 0 aliphatic rings. The molecule has 2 N–H and O–H groups in total. The summed E-state index contributed by atoms with van der Waals surface area (Å²) in [6, 6.07) is 10.1. The number of benzene rings is 1. The Hall–Kier alpha value is -2.16. The van der Waals surface area contributed by atoms with Crippen LogP contribution in [0.1, 0.15) is 18.7 Å². The van der Waals surface area contributed by atoms with Crippen molar-refractivity contribution >= 4 is 43.8 Å². The number of nitrogens with one attached hydrogen (secondary N) is 2. The fourth-order valence-electron chi connectivity index (χ4n) is 2.17. The van der Waals surface area contributed by atoms with Gasteiger partial charge in [0.25, 0.3) is 10.0 Å². The highest BCUT2D eigenvalue weighted by Crippen LogP contribution is 2.29. The second-order valence-electron chi connectivity index (χ2n) is 5.21. The van der Waals surface area contributed by atoms with Gasteiger partial charge in [0.2, 0.25) is 0 Å². The Morgan fingerprint density at radius 1 is 1.16 bits per heavy atom. The van der Waals surface area contributed by atoms with E-state index in [0.29, 0.717) is 15.8 Å². The number of aromatic nitrogens is 2. The van der Waals surface area contributed by atoms with Crippen LogP contribution in [0.2, 0.25) is 5.02 Å². The van der Waals surface area contributed by atoms with E-state index in [2.05, 4.69) is 20.0 Å². The molecular formula is C16H15ClN4O2S2. The maximum Gasteiger partial charge on any atom is 0.263 e. The molecule has 1 atom stereocenters. The van der Waals surface area contributed by atoms with Gasteiger partial charge in [-0.15, -0.1) is 11.3 Å². The van der Waals surface area contributed by atoms with Crippen LogP contribution in [0.25, 0.3) is 0 Å². The fourth-order valence-corrected chi connectivity index (χ4v) is 4.28. The van der Waals surface area contributed by atoms with Crippen molar-refractivity contribution in [2.75, 3.05) is 10.0 Å². The number of rotatable bonds is 6. The molecule has 0 saturated carbocycles. The minimum absolute atomic E-state index is 0.0729. The smallest absolute Gasteiger partial charge is 0.263 e. The maximum atomic E-state index is 12.4. The standard InChI is InChI=1S/C16H15ClN4O2S2/c1-11(14-4-2-3-7-18-14)20-15-6-5-12(10-13(15)17)25(22,23)21-16-19-8-9-24-16/h2-11,20H,1H3,(H,19,21). The first kappa shape index (κ1) is 17.7. The second kappa shape index (κ2) is 7.38. The molecule has 25 heavy (non-hydrogen) atoms. The van der Waals surface area contributed by atoms with E-state index in [1.165, 1.54) is 29.7 Å². The van der Waals surface area contributed by atoms with Crippen molar-refractivity contribution in [1.29, 1.82) is 0 Å². The van der Waals surface area contributed by atoms with E-state index in [1.54, 1.807) is 17.6 Å². The third-order valence-electron chi connectivity index (χ3n) is 3.41. The zero-order chi connectivity index (χ0) is 17.9. The van der Waals surface area contributed by atoms with Gasteiger partial charge < -0.3 is 5.32 Å².